The van der Waals surface area contributed by atoms with E-state index in [1.165, 1.54) is 52.5 Å². The van der Waals surface area contributed by atoms with Gasteiger partial charge < -0.3 is 0 Å². The summed E-state index contributed by atoms with van der Waals surface area (Å²) in [6, 6.07) is 47.6. The number of hydrogen-bond donors (Lipinski definition) is 0. The molecule has 0 spiro atoms. The van der Waals surface area contributed by atoms with Crippen molar-refractivity contribution < 1.29 is 0 Å². The molecule has 0 N–H and O–H groups in total. The molecule has 2 heterocycles. The molecule has 0 bridgehead atoms. The highest BCUT2D eigenvalue weighted by Gasteiger charge is 2.19. The first-order valence-electron chi connectivity index (χ1n) is 13.8. The summed E-state index contributed by atoms with van der Waals surface area (Å²) in [5, 5.41) is 10.1. The Balaban J connectivity index is 1.45. The zero-order valence-corrected chi connectivity index (χ0v) is 22.8. The SMILES string of the molecule is c1ccc(-c2nc3ccccc3nc2-c2cc3ccccc3c3cc4c(cc23)sc2c3ccccc3ccc42)cc1. The molecule has 0 amide bonds. The molecule has 0 fully saturated rings. The quantitative estimate of drug-likeness (QED) is 0.205. The molecular formula is C38H22N2S. The normalized spacial score (nSPS) is 11.9. The van der Waals surface area contributed by atoms with Crippen LogP contribution in [0.3, 0.4) is 0 Å². The first kappa shape index (κ1) is 22.7. The van der Waals surface area contributed by atoms with E-state index in [1.807, 2.05) is 35.6 Å². The predicted octanol–water partition coefficient (Wildman–Crippen LogP) is 10.8. The van der Waals surface area contributed by atoms with E-state index in [0.717, 1.165) is 33.5 Å². The molecule has 0 saturated heterocycles. The molecular weight excluding hydrogens is 516 g/mol. The van der Waals surface area contributed by atoms with Crippen molar-refractivity contribution in [1.29, 1.82) is 0 Å². The molecule has 190 valence electrons. The molecule has 2 nitrogen and oxygen atoms in total. The number of aromatic nitrogens is 2. The second-order valence-electron chi connectivity index (χ2n) is 10.6. The molecule has 0 unspecified atom stereocenters. The predicted molar refractivity (Wildman–Crippen MR) is 176 cm³/mol. The van der Waals surface area contributed by atoms with E-state index in [1.54, 1.807) is 0 Å². The minimum atomic E-state index is 0.901. The van der Waals surface area contributed by atoms with Gasteiger partial charge in [-0.1, -0.05) is 103 Å². The number of benzene rings is 7. The molecule has 0 saturated carbocycles. The van der Waals surface area contributed by atoms with Gasteiger partial charge in [-0.2, -0.15) is 0 Å². The zero-order valence-electron chi connectivity index (χ0n) is 22.0. The summed E-state index contributed by atoms with van der Waals surface area (Å²) in [5.41, 5.74) is 5.80. The fraction of sp³-hybridized carbons (Fsp3) is 0. The molecule has 0 radical (unpaired) electrons. The number of hydrogen-bond acceptors (Lipinski definition) is 3. The van der Waals surface area contributed by atoms with Crippen LogP contribution < -0.4 is 0 Å². The number of rotatable bonds is 2. The maximum atomic E-state index is 5.28. The van der Waals surface area contributed by atoms with Gasteiger partial charge >= 0.3 is 0 Å². The Labute approximate surface area is 240 Å². The van der Waals surface area contributed by atoms with Gasteiger partial charge in [-0.05, 0) is 62.6 Å². The lowest BCUT2D eigenvalue weighted by Crippen LogP contribution is -1.96. The van der Waals surface area contributed by atoms with Crippen LogP contribution in [0.1, 0.15) is 0 Å². The second kappa shape index (κ2) is 8.69. The van der Waals surface area contributed by atoms with Gasteiger partial charge in [0.25, 0.3) is 0 Å². The minimum Gasteiger partial charge on any atom is -0.244 e. The molecule has 0 aliphatic heterocycles. The van der Waals surface area contributed by atoms with Crippen LogP contribution in [0.15, 0.2) is 133 Å². The van der Waals surface area contributed by atoms with Gasteiger partial charge in [-0.15, -0.1) is 11.3 Å². The molecule has 0 aliphatic carbocycles. The van der Waals surface area contributed by atoms with Gasteiger partial charge in [-0.3, -0.25) is 0 Å². The van der Waals surface area contributed by atoms with Gasteiger partial charge in [-0.25, -0.2) is 9.97 Å². The Morgan fingerprint density at radius 2 is 1.10 bits per heavy atom. The summed E-state index contributed by atoms with van der Waals surface area (Å²) in [4.78, 5) is 10.5. The average molecular weight is 539 g/mol. The highest BCUT2D eigenvalue weighted by atomic mass is 32.1. The lowest BCUT2D eigenvalue weighted by molar-refractivity contribution is 1.30. The number of fused-ring (bicyclic) bond motifs is 9. The molecule has 0 atom stereocenters. The first-order valence-corrected chi connectivity index (χ1v) is 14.7. The summed E-state index contributed by atoms with van der Waals surface area (Å²) < 4.78 is 2.63. The van der Waals surface area contributed by atoms with E-state index in [4.69, 9.17) is 9.97 Å². The number of thiophene rings is 1. The van der Waals surface area contributed by atoms with Crippen LogP contribution in [-0.2, 0) is 0 Å². The average Bonchev–Trinajstić information content (AvgIpc) is 3.41. The van der Waals surface area contributed by atoms with E-state index in [0.29, 0.717) is 0 Å². The third kappa shape index (κ3) is 3.43. The van der Waals surface area contributed by atoms with Gasteiger partial charge in [0.1, 0.15) is 0 Å². The largest absolute Gasteiger partial charge is 0.244 e. The zero-order chi connectivity index (χ0) is 26.9. The molecule has 41 heavy (non-hydrogen) atoms. The Morgan fingerprint density at radius 3 is 1.93 bits per heavy atom. The molecule has 0 aliphatic rings. The minimum absolute atomic E-state index is 0.901. The van der Waals surface area contributed by atoms with Crippen LogP contribution in [0.2, 0.25) is 0 Å². The summed E-state index contributed by atoms with van der Waals surface area (Å²) in [6.07, 6.45) is 0. The maximum Gasteiger partial charge on any atom is 0.0979 e. The highest BCUT2D eigenvalue weighted by molar-refractivity contribution is 7.26. The third-order valence-electron chi connectivity index (χ3n) is 8.22. The van der Waals surface area contributed by atoms with Crippen molar-refractivity contribution >= 4 is 74.9 Å². The Morgan fingerprint density at radius 1 is 0.415 bits per heavy atom. The van der Waals surface area contributed by atoms with Crippen LogP contribution in [-0.4, -0.2) is 9.97 Å². The van der Waals surface area contributed by atoms with Crippen LogP contribution in [0, 0.1) is 0 Å². The molecule has 9 rings (SSSR count). The van der Waals surface area contributed by atoms with Crippen molar-refractivity contribution in [3.63, 3.8) is 0 Å². The smallest absolute Gasteiger partial charge is 0.0979 e. The van der Waals surface area contributed by atoms with Gasteiger partial charge in [0.15, 0.2) is 0 Å². The Kier molecular flexibility index (Phi) is 4.80. The van der Waals surface area contributed by atoms with Crippen molar-refractivity contribution in [2.75, 3.05) is 0 Å². The van der Waals surface area contributed by atoms with Crippen molar-refractivity contribution in [2.45, 2.75) is 0 Å². The topological polar surface area (TPSA) is 25.8 Å². The fourth-order valence-corrected chi connectivity index (χ4v) is 7.54. The van der Waals surface area contributed by atoms with Gasteiger partial charge in [0.2, 0.25) is 0 Å². The second-order valence-corrected chi connectivity index (χ2v) is 11.6. The highest BCUT2D eigenvalue weighted by Crippen LogP contribution is 2.44. The van der Waals surface area contributed by atoms with Gasteiger partial charge in [0.05, 0.1) is 22.4 Å². The summed E-state index contributed by atoms with van der Waals surface area (Å²) >= 11 is 1.88. The first-order chi connectivity index (χ1) is 20.3. The van der Waals surface area contributed by atoms with E-state index in [-0.39, 0.29) is 0 Å². The number of para-hydroxylation sites is 2. The molecule has 2 aromatic heterocycles. The van der Waals surface area contributed by atoms with Crippen molar-refractivity contribution in [3.05, 3.63) is 133 Å². The van der Waals surface area contributed by atoms with E-state index in [2.05, 4.69) is 109 Å². The maximum absolute atomic E-state index is 5.28. The molecule has 3 heteroatoms. The van der Waals surface area contributed by atoms with Crippen molar-refractivity contribution in [2.24, 2.45) is 0 Å². The third-order valence-corrected chi connectivity index (χ3v) is 9.42. The summed E-state index contributed by atoms with van der Waals surface area (Å²) in [6.45, 7) is 0. The van der Waals surface area contributed by atoms with Crippen molar-refractivity contribution in [1.82, 2.24) is 9.97 Å². The van der Waals surface area contributed by atoms with Crippen LogP contribution in [0.4, 0.5) is 0 Å². The molecule has 7 aromatic carbocycles. The fourth-order valence-electron chi connectivity index (χ4n) is 6.28. The summed E-state index contributed by atoms with van der Waals surface area (Å²) in [5.74, 6) is 0. The van der Waals surface area contributed by atoms with E-state index in [9.17, 15) is 0 Å². The Bertz CT molecular complexity index is 2470. The van der Waals surface area contributed by atoms with E-state index < -0.39 is 0 Å². The Hall–Kier alpha value is -5.12. The molecule has 9 aromatic rings. The lowest BCUT2D eigenvalue weighted by atomic mass is 9.92. The lowest BCUT2D eigenvalue weighted by Gasteiger charge is -2.15. The number of nitrogens with zero attached hydrogens (tertiary/aromatic N) is 2. The summed E-state index contributed by atoms with van der Waals surface area (Å²) in [7, 11) is 0. The van der Waals surface area contributed by atoms with Crippen LogP contribution in [0.5, 0.6) is 0 Å². The standard InChI is InChI=1S/C38H22N2S/c1-2-11-24(12-3-1)36-37(40-34-17-9-8-16-33(34)39-36)32-20-25-13-5-6-14-26(25)29-21-31-28-19-18-23-10-4-7-15-27(23)38(28)41-35(31)22-30(29)32/h1-22H. The van der Waals surface area contributed by atoms with Crippen LogP contribution in [0.25, 0.3) is 86.0 Å². The van der Waals surface area contributed by atoms with Gasteiger partial charge in [0, 0.05) is 31.3 Å². The van der Waals surface area contributed by atoms with Crippen molar-refractivity contribution in [3.8, 4) is 22.5 Å². The monoisotopic (exact) mass is 538 g/mol. The van der Waals surface area contributed by atoms with E-state index >= 15 is 0 Å². The van der Waals surface area contributed by atoms with Crippen LogP contribution >= 0.6 is 11.3 Å².